The molecule has 0 saturated carbocycles. The van der Waals surface area contributed by atoms with E-state index in [-0.39, 0.29) is 19.2 Å². The Bertz CT molecular complexity index is 981. The standard InChI is InChI=1S/C20H17NO4/c1-12-15-5-3-4-6-17(15)21-13(2)16(12)10-20(22)25-14-7-8-18-19(9-14)24-11-23-18/h3-9H,10-11H2,1-2H3. The Labute approximate surface area is 145 Å². The van der Waals surface area contributed by atoms with Crippen molar-refractivity contribution in [3.8, 4) is 17.2 Å². The van der Waals surface area contributed by atoms with Gasteiger partial charge in [0.25, 0.3) is 0 Å². The Morgan fingerprint density at radius 2 is 1.92 bits per heavy atom. The SMILES string of the molecule is Cc1nc2ccccc2c(C)c1CC(=O)Oc1ccc2c(c1)OCO2. The minimum absolute atomic E-state index is 0.171. The Balaban J connectivity index is 1.57. The molecular formula is C20H17NO4. The van der Waals surface area contributed by atoms with Gasteiger partial charge in [-0.05, 0) is 43.2 Å². The highest BCUT2D eigenvalue weighted by molar-refractivity contribution is 5.85. The zero-order valence-electron chi connectivity index (χ0n) is 14.0. The summed E-state index contributed by atoms with van der Waals surface area (Å²) in [6.45, 7) is 4.12. The molecule has 0 spiro atoms. The van der Waals surface area contributed by atoms with E-state index in [1.807, 2.05) is 38.1 Å². The maximum atomic E-state index is 12.4. The topological polar surface area (TPSA) is 57.7 Å². The minimum Gasteiger partial charge on any atom is -0.454 e. The molecule has 3 aromatic rings. The summed E-state index contributed by atoms with van der Waals surface area (Å²) in [4.78, 5) is 17.0. The number of benzene rings is 2. The molecule has 0 N–H and O–H groups in total. The van der Waals surface area contributed by atoms with E-state index < -0.39 is 0 Å². The van der Waals surface area contributed by atoms with E-state index in [2.05, 4.69) is 4.98 Å². The van der Waals surface area contributed by atoms with Gasteiger partial charge in [-0.25, -0.2) is 0 Å². The number of nitrogens with zero attached hydrogens (tertiary/aromatic N) is 1. The lowest BCUT2D eigenvalue weighted by Gasteiger charge is -2.12. The first-order valence-corrected chi connectivity index (χ1v) is 8.07. The van der Waals surface area contributed by atoms with E-state index >= 15 is 0 Å². The van der Waals surface area contributed by atoms with Gasteiger partial charge in [-0.1, -0.05) is 18.2 Å². The smallest absolute Gasteiger partial charge is 0.315 e. The average molecular weight is 335 g/mol. The number of aryl methyl sites for hydroxylation is 2. The molecule has 0 atom stereocenters. The summed E-state index contributed by atoms with van der Waals surface area (Å²) in [7, 11) is 0. The molecule has 0 fully saturated rings. The van der Waals surface area contributed by atoms with Crippen molar-refractivity contribution >= 4 is 16.9 Å². The van der Waals surface area contributed by atoms with Crippen molar-refractivity contribution in [2.24, 2.45) is 0 Å². The first-order chi connectivity index (χ1) is 12.1. The fourth-order valence-corrected chi connectivity index (χ4v) is 3.08. The van der Waals surface area contributed by atoms with Gasteiger partial charge in [-0.15, -0.1) is 0 Å². The van der Waals surface area contributed by atoms with Gasteiger partial charge in [0.2, 0.25) is 6.79 Å². The fraction of sp³-hybridized carbons (Fsp3) is 0.200. The summed E-state index contributed by atoms with van der Waals surface area (Å²) < 4.78 is 16.0. The molecule has 0 unspecified atom stereocenters. The van der Waals surface area contributed by atoms with Crippen molar-refractivity contribution < 1.29 is 19.0 Å². The zero-order valence-corrected chi connectivity index (χ0v) is 14.0. The van der Waals surface area contributed by atoms with E-state index in [4.69, 9.17) is 14.2 Å². The Morgan fingerprint density at radius 3 is 2.80 bits per heavy atom. The van der Waals surface area contributed by atoms with Crippen LogP contribution in [0.3, 0.4) is 0 Å². The molecule has 5 heteroatoms. The van der Waals surface area contributed by atoms with Gasteiger partial charge in [-0.3, -0.25) is 9.78 Å². The van der Waals surface area contributed by atoms with Crippen LogP contribution in [-0.4, -0.2) is 17.7 Å². The van der Waals surface area contributed by atoms with Crippen molar-refractivity contribution in [3.05, 3.63) is 59.3 Å². The fourth-order valence-electron chi connectivity index (χ4n) is 3.08. The molecule has 2 aromatic carbocycles. The third kappa shape index (κ3) is 2.89. The van der Waals surface area contributed by atoms with E-state index in [0.29, 0.717) is 17.2 Å². The summed E-state index contributed by atoms with van der Waals surface area (Å²) >= 11 is 0. The molecule has 1 aliphatic rings. The maximum Gasteiger partial charge on any atom is 0.315 e. The second-order valence-electron chi connectivity index (χ2n) is 5.98. The van der Waals surface area contributed by atoms with E-state index in [9.17, 15) is 4.79 Å². The highest BCUT2D eigenvalue weighted by atomic mass is 16.7. The Hall–Kier alpha value is -3.08. The quantitative estimate of drug-likeness (QED) is 0.539. The zero-order chi connectivity index (χ0) is 17.4. The molecule has 0 saturated heterocycles. The highest BCUT2D eigenvalue weighted by Gasteiger charge is 2.17. The molecule has 126 valence electrons. The van der Waals surface area contributed by atoms with Crippen LogP contribution in [0.15, 0.2) is 42.5 Å². The van der Waals surface area contributed by atoms with E-state index in [1.54, 1.807) is 18.2 Å². The third-order valence-electron chi connectivity index (χ3n) is 4.38. The van der Waals surface area contributed by atoms with Crippen LogP contribution in [0.25, 0.3) is 10.9 Å². The molecule has 0 radical (unpaired) electrons. The number of hydrogen-bond acceptors (Lipinski definition) is 5. The lowest BCUT2D eigenvalue weighted by molar-refractivity contribution is -0.133. The molecule has 0 bridgehead atoms. The molecular weight excluding hydrogens is 318 g/mol. The number of esters is 1. The van der Waals surface area contributed by atoms with Crippen LogP contribution >= 0.6 is 0 Å². The summed E-state index contributed by atoms with van der Waals surface area (Å²) in [5.74, 6) is 1.36. The maximum absolute atomic E-state index is 12.4. The molecule has 0 amide bonds. The molecule has 5 nitrogen and oxygen atoms in total. The van der Waals surface area contributed by atoms with Crippen LogP contribution in [0.4, 0.5) is 0 Å². The summed E-state index contributed by atoms with van der Waals surface area (Å²) in [6.07, 6.45) is 0.171. The second-order valence-corrected chi connectivity index (χ2v) is 5.98. The Kier molecular flexibility index (Phi) is 3.76. The predicted molar refractivity (Wildman–Crippen MR) is 93.1 cm³/mol. The number of fused-ring (bicyclic) bond motifs is 2. The van der Waals surface area contributed by atoms with Gasteiger partial charge < -0.3 is 14.2 Å². The van der Waals surface area contributed by atoms with Gasteiger partial charge in [-0.2, -0.15) is 0 Å². The molecule has 2 heterocycles. The largest absolute Gasteiger partial charge is 0.454 e. The van der Waals surface area contributed by atoms with Gasteiger partial charge in [0.05, 0.1) is 11.9 Å². The number of para-hydroxylation sites is 1. The summed E-state index contributed by atoms with van der Waals surface area (Å²) in [5.41, 5.74) is 3.75. The van der Waals surface area contributed by atoms with Gasteiger partial charge in [0, 0.05) is 17.1 Å². The van der Waals surface area contributed by atoms with E-state index in [1.165, 1.54) is 0 Å². The van der Waals surface area contributed by atoms with Crippen LogP contribution in [0, 0.1) is 13.8 Å². The molecule has 1 aliphatic heterocycles. The molecule has 1 aromatic heterocycles. The number of ether oxygens (including phenoxy) is 3. The van der Waals surface area contributed by atoms with Crippen molar-refractivity contribution in [1.29, 1.82) is 0 Å². The normalized spacial score (nSPS) is 12.4. The number of carbonyl (C=O) groups excluding carboxylic acids is 1. The van der Waals surface area contributed by atoms with Gasteiger partial charge in [0.1, 0.15) is 5.75 Å². The van der Waals surface area contributed by atoms with Crippen LogP contribution in [-0.2, 0) is 11.2 Å². The number of rotatable bonds is 3. The lowest BCUT2D eigenvalue weighted by Crippen LogP contribution is -2.14. The van der Waals surface area contributed by atoms with Crippen molar-refractivity contribution in [3.63, 3.8) is 0 Å². The van der Waals surface area contributed by atoms with Crippen molar-refractivity contribution in [1.82, 2.24) is 4.98 Å². The van der Waals surface area contributed by atoms with Crippen molar-refractivity contribution in [2.45, 2.75) is 20.3 Å². The first-order valence-electron chi connectivity index (χ1n) is 8.07. The summed E-state index contributed by atoms with van der Waals surface area (Å²) in [5, 5.41) is 1.05. The molecule has 0 aliphatic carbocycles. The molecule has 25 heavy (non-hydrogen) atoms. The minimum atomic E-state index is -0.331. The first kappa shape index (κ1) is 15.4. The van der Waals surface area contributed by atoms with Crippen LogP contribution < -0.4 is 14.2 Å². The second kappa shape index (κ2) is 6.09. The Morgan fingerprint density at radius 1 is 1.12 bits per heavy atom. The van der Waals surface area contributed by atoms with Crippen LogP contribution in [0.5, 0.6) is 17.2 Å². The predicted octanol–water partition coefficient (Wildman–Crippen LogP) is 3.73. The van der Waals surface area contributed by atoms with Crippen molar-refractivity contribution in [2.75, 3.05) is 6.79 Å². The molecule has 4 rings (SSSR count). The monoisotopic (exact) mass is 335 g/mol. The number of aromatic nitrogens is 1. The lowest BCUT2D eigenvalue weighted by atomic mass is 10.00. The van der Waals surface area contributed by atoms with E-state index in [0.717, 1.165) is 27.7 Å². The summed E-state index contributed by atoms with van der Waals surface area (Å²) in [6, 6.07) is 13.0. The van der Waals surface area contributed by atoms with Gasteiger partial charge in [0.15, 0.2) is 11.5 Å². The van der Waals surface area contributed by atoms with Gasteiger partial charge >= 0.3 is 5.97 Å². The number of hydrogen-bond donors (Lipinski definition) is 0. The number of carbonyl (C=O) groups is 1. The average Bonchev–Trinajstić information content (AvgIpc) is 3.06. The van der Waals surface area contributed by atoms with Crippen LogP contribution in [0.2, 0.25) is 0 Å². The third-order valence-corrected chi connectivity index (χ3v) is 4.38. The van der Waals surface area contributed by atoms with Crippen LogP contribution in [0.1, 0.15) is 16.8 Å². The highest BCUT2D eigenvalue weighted by Crippen LogP contribution is 2.35. The number of pyridine rings is 1.